The molecule has 3 nitrogen and oxygen atoms in total. The molecule has 0 saturated carbocycles. The lowest BCUT2D eigenvalue weighted by Gasteiger charge is -2.23. The number of ether oxygens (including phenoxy) is 1. The minimum Gasteiger partial charge on any atom is -0.439 e. The summed E-state index contributed by atoms with van der Waals surface area (Å²) in [5, 5.41) is 3.42. The fraction of sp³-hybridized carbons (Fsp3) is 0.278. The van der Waals surface area contributed by atoms with Crippen LogP contribution < -0.4 is 10.1 Å². The lowest BCUT2D eigenvalue weighted by molar-refractivity contribution is 0.462. The van der Waals surface area contributed by atoms with Gasteiger partial charge < -0.3 is 10.1 Å². The summed E-state index contributed by atoms with van der Waals surface area (Å²) in [6.45, 7) is 4.39. The lowest BCUT2D eigenvalue weighted by atomic mass is 9.93. The molecule has 0 radical (unpaired) electrons. The SMILES string of the molecule is CC1CNCC/C1=C\c1cccc(Oc2ccc(Br)cn2)c1. The van der Waals surface area contributed by atoms with Gasteiger partial charge in [-0.05, 0) is 58.6 Å². The Morgan fingerprint density at radius 1 is 1.32 bits per heavy atom. The van der Waals surface area contributed by atoms with Crippen LogP contribution in [0.3, 0.4) is 0 Å². The van der Waals surface area contributed by atoms with E-state index in [4.69, 9.17) is 4.74 Å². The molecule has 1 fully saturated rings. The van der Waals surface area contributed by atoms with Crippen LogP contribution >= 0.6 is 15.9 Å². The molecule has 1 atom stereocenters. The predicted octanol–water partition coefficient (Wildman–Crippen LogP) is 4.65. The second-order valence-corrected chi connectivity index (χ2v) is 6.48. The van der Waals surface area contributed by atoms with Gasteiger partial charge in [0.2, 0.25) is 5.88 Å². The van der Waals surface area contributed by atoms with Crippen molar-refractivity contribution >= 4 is 22.0 Å². The van der Waals surface area contributed by atoms with Crippen molar-refractivity contribution in [1.82, 2.24) is 10.3 Å². The van der Waals surface area contributed by atoms with Crippen LogP contribution in [-0.2, 0) is 0 Å². The Hall–Kier alpha value is -1.65. The second-order valence-electron chi connectivity index (χ2n) is 5.56. The van der Waals surface area contributed by atoms with E-state index in [1.54, 1.807) is 6.20 Å². The molecule has 114 valence electrons. The van der Waals surface area contributed by atoms with E-state index in [9.17, 15) is 0 Å². The molecule has 22 heavy (non-hydrogen) atoms. The average Bonchev–Trinajstić information content (AvgIpc) is 2.52. The predicted molar refractivity (Wildman–Crippen MR) is 93.1 cm³/mol. The highest BCUT2D eigenvalue weighted by Gasteiger charge is 2.13. The van der Waals surface area contributed by atoms with Gasteiger partial charge in [-0.1, -0.05) is 30.7 Å². The van der Waals surface area contributed by atoms with Crippen molar-refractivity contribution in [1.29, 1.82) is 0 Å². The first-order valence-corrected chi connectivity index (χ1v) is 8.31. The van der Waals surface area contributed by atoms with Crippen LogP contribution in [0.25, 0.3) is 6.08 Å². The van der Waals surface area contributed by atoms with Gasteiger partial charge >= 0.3 is 0 Å². The van der Waals surface area contributed by atoms with E-state index in [2.05, 4.69) is 51.4 Å². The number of nitrogens with zero attached hydrogens (tertiary/aromatic N) is 1. The van der Waals surface area contributed by atoms with Crippen molar-refractivity contribution in [3.8, 4) is 11.6 Å². The minimum atomic E-state index is 0.589. The highest BCUT2D eigenvalue weighted by atomic mass is 79.9. The smallest absolute Gasteiger partial charge is 0.219 e. The normalized spacial score (nSPS) is 20.1. The van der Waals surface area contributed by atoms with Crippen LogP contribution in [0, 0.1) is 5.92 Å². The Kier molecular flexibility index (Phi) is 4.90. The van der Waals surface area contributed by atoms with E-state index in [0.29, 0.717) is 11.8 Å². The number of hydrogen-bond acceptors (Lipinski definition) is 3. The van der Waals surface area contributed by atoms with Gasteiger partial charge in [-0.2, -0.15) is 0 Å². The van der Waals surface area contributed by atoms with E-state index in [-0.39, 0.29) is 0 Å². The molecule has 2 aromatic rings. The van der Waals surface area contributed by atoms with Gasteiger partial charge in [0.05, 0.1) is 0 Å². The summed E-state index contributed by atoms with van der Waals surface area (Å²) >= 11 is 3.37. The van der Waals surface area contributed by atoms with Crippen LogP contribution in [-0.4, -0.2) is 18.1 Å². The minimum absolute atomic E-state index is 0.589. The molecule has 0 amide bonds. The average molecular weight is 359 g/mol. The molecule has 1 unspecified atom stereocenters. The van der Waals surface area contributed by atoms with Crippen LogP contribution in [0.5, 0.6) is 11.6 Å². The van der Waals surface area contributed by atoms with E-state index < -0.39 is 0 Å². The van der Waals surface area contributed by atoms with E-state index in [1.165, 1.54) is 11.1 Å². The van der Waals surface area contributed by atoms with Crippen molar-refractivity contribution in [3.63, 3.8) is 0 Å². The van der Waals surface area contributed by atoms with Crippen LogP contribution in [0.15, 0.2) is 52.6 Å². The summed E-state index contributed by atoms with van der Waals surface area (Å²) in [6, 6.07) is 11.9. The maximum absolute atomic E-state index is 5.82. The number of halogens is 1. The molecular formula is C18H19BrN2O. The molecule has 2 heterocycles. The van der Waals surface area contributed by atoms with Crippen molar-refractivity contribution < 1.29 is 4.74 Å². The van der Waals surface area contributed by atoms with E-state index in [0.717, 1.165) is 29.7 Å². The second kappa shape index (κ2) is 7.07. The zero-order valence-electron chi connectivity index (χ0n) is 12.6. The molecule has 0 bridgehead atoms. The molecule has 1 aromatic heterocycles. The third-order valence-electron chi connectivity index (χ3n) is 3.81. The monoisotopic (exact) mass is 358 g/mol. The molecule has 4 heteroatoms. The number of hydrogen-bond donors (Lipinski definition) is 1. The highest BCUT2D eigenvalue weighted by molar-refractivity contribution is 9.10. The Balaban J connectivity index is 1.77. The first-order valence-electron chi connectivity index (χ1n) is 7.51. The summed E-state index contributed by atoms with van der Waals surface area (Å²) < 4.78 is 6.76. The van der Waals surface area contributed by atoms with Crippen molar-refractivity contribution in [3.05, 3.63) is 58.2 Å². The largest absolute Gasteiger partial charge is 0.439 e. The molecule has 0 aliphatic carbocycles. The molecule has 1 aromatic carbocycles. The Morgan fingerprint density at radius 2 is 2.23 bits per heavy atom. The fourth-order valence-corrected chi connectivity index (χ4v) is 2.80. The summed E-state index contributed by atoms with van der Waals surface area (Å²) in [5.41, 5.74) is 2.68. The molecule has 1 aliphatic rings. The zero-order chi connectivity index (χ0) is 15.4. The van der Waals surface area contributed by atoms with Gasteiger partial charge in [0.1, 0.15) is 5.75 Å². The topological polar surface area (TPSA) is 34.1 Å². The first-order chi connectivity index (χ1) is 10.7. The molecule has 0 spiro atoms. The van der Waals surface area contributed by atoms with Gasteiger partial charge in [-0.3, -0.25) is 0 Å². The Morgan fingerprint density at radius 3 is 3.00 bits per heavy atom. The molecule has 1 saturated heterocycles. The summed E-state index contributed by atoms with van der Waals surface area (Å²) in [7, 11) is 0. The van der Waals surface area contributed by atoms with Crippen molar-refractivity contribution in [2.45, 2.75) is 13.3 Å². The number of benzene rings is 1. The number of aromatic nitrogens is 1. The molecule has 1 aliphatic heterocycles. The van der Waals surface area contributed by atoms with Gasteiger partial charge in [0.15, 0.2) is 0 Å². The number of pyridine rings is 1. The first kappa shape index (κ1) is 15.3. The third-order valence-corrected chi connectivity index (χ3v) is 4.28. The quantitative estimate of drug-likeness (QED) is 0.866. The number of piperidine rings is 1. The maximum atomic E-state index is 5.82. The van der Waals surface area contributed by atoms with Crippen LogP contribution in [0.4, 0.5) is 0 Å². The van der Waals surface area contributed by atoms with Gasteiger partial charge in [-0.15, -0.1) is 0 Å². The van der Waals surface area contributed by atoms with E-state index >= 15 is 0 Å². The summed E-state index contributed by atoms with van der Waals surface area (Å²) in [6.07, 6.45) is 5.13. The van der Waals surface area contributed by atoms with Crippen LogP contribution in [0.2, 0.25) is 0 Å². The third kappa shape index (κ3) is 3.96. The summed E-state index contributed by atoms with van der Waals surface area (Å²) in [4.78, 5) is 4.24. The van der Waals surface area contributed by atoms with E-state index in [1.807, 2.05) is 24.3 Å². The maximum Gasteiger partial charge on any atom is 0.219 e. The number of rotatable bonds is 3. The van der Waals surface area contributed by atoms with Gasteiger partial charge in [0, 0.05) is 23.3 Å². The van der Waals surface area contributed by atoms with Gasteiger partial charge in [0.25, 0.3) is 0 Å². The molecule has 3 rings (SSSR count). The number of nitrogens with one attached hydrogen (secondary N) is 1. The van der Waals surface area contributed by atoms with Crippen LogP contribution in [0.1, 0.15) is 18.9 Å². The lowest BCUT2D eigenvalue weighted by Crippen LogP contribution is -2.29. The highest BCUT2D eigenvalue weighted by Crippen LogP contribution is 2.25. The summed E-state index contributed by atoms with van der Waals surface area (Å²) in [5.74, 6) is 2.00. The standard InChI is InChI=1S/C18H19BrN2O/c1-13-11-20-8-7-15(13)9-14-3-2-4-17(10-14)22-18-6-5-16(19)12-21-18/h2-6,9-10,12-13,20H,7-8,11H2,1H3/b15-9+. The Bertz CT molecular complexity index is 667. The molecule has 1 N–H and O–H groups in total. The fourth-order valence-electron chi connectivity index (χ4n) is 2.57. The zero-order valence-corrected chi connectivity index (χ0v) is 14.1. The van der Waals surface area contributed by atoms with Crippen molar-refractivity contribution in [2.24, 2.45) is 5.92 Å². The molecular weight excluding hydrogens is 340 g/mol. The Labute approximate surface area is 139 Å². The van der Waals surface area contributed by atoms with Gasteiger partial charge in [-0.25, -0.2) is 4.98 Å². The van der Waals surface area contributed by atoms with Crippen molar-refractivity contribution in [2.75, 3.05) is 13.1 Å².